The number of nitrogens with zero attached hydrogens (tertiary/aromatic N) is 3. The van der Waals surface area contributed by atoms with Crippen LogP contribution in [-0.4, -0.2) is 0 Å². The Morgan fingerprint density at radius 2 is 0.593 bits per heavy atom. The second-order valence-electron chi connectivity index (χ2n) is 40.4. The highest BCUT2D eigenvalue weighted by Crippen LogP contribution is 2.59. The largest absolute Gasteiger partial charge is 0.213 e. The van der Waals surface area contributed by atoms with Gasteiger partial charge in [-0.1, -0.05) is 144 Å². The van der Waals surface area contributed by atoms with E-state index in [9.17, 15) is 0 Å². The zero-order valence-electron chi connectivity index (χ0n) is 70.3. The normalized spacial score (nSPS) is 20.4. The molecule has 0 radical (unpaired) electrons. The number of fused-ring (bicyclic) bond motifs is 9. The van der Waals surface area contributed by atoms with Crippen LogP contribution >= 0.6 is 0 Å². The SMILES string of the molecule is Cc1cc(-c2c(C)ccc3c2Cc2cccc(C)c2-3)[n+](C)cc1C1CCC2(CC1)CCC(C)(C)CC2.Cc1ccc2c(c1)-c1ccc(C)c(-c3cc(C)c(C4CCC5(CC4)CCC(C)(C)CC5)c[n+]3C)c1C2.Cc1ccc2c(c1)Cc1c-2ccc(C)c1-c1cc(C)c(C2CCC3(CC2)CCC(C)(C)CC3)c[n+]1C. The first kappa shape index (κ1) is 74.8. The molecule has 9 aromatic rings. The first-order valence-corrected chi connectivity index (χ1v) is 43.1. The van der Waals surface area contributed by atoms with Crippen molar-refractivity contribution in [2.45, 2.75) is 295 Å². The molecule has 0 amide bonds. The van der Waals surface area contributed by atoms with Crippen molar-refractivity contribution in [3.05, 3.63) is 228 Å². The third-order valence-corrected chi connectivity index (χ3v) is 31.2. The number of aryl methyl sites for hydroxylation is 12. The van der Waals surface area contributed by atoms with Gasteiger partial charge in [-0.3, -0.25) is 0 Å². The Balaban J connectivity index is 0.000000124. The third-order valence-electron chi connectivity index (χ3n) is 31.2. The molecule has 3 spiro atoms. The number of hydrogen-bond donors (Lipinski definition) is 0. The maximum atomic E-state index is 2.50. The second kappa shape index (κ2) is 28.5. The lowest BCUT2D eigenvalue weighted by Gasteiger charge is -2.47. The first-order valence-electron chi connectivity index (χ1n) is 43.1. The van der Waals surface area contributed by atoms with E-state index in [2.05, 4.69) is 266 Å². The summed E-state index contributed by atoms with van der Waals surface area (Å²) in [5.41, 5.74) is 47.2. The molecular formula is C105H132N3+3. The number of benzene rings is 6. The number of hydrogen-bond acceptors (Lipinski definition) is 0. The van der Waals surface area contributed by atoms with Gasteiger partial charge in [-0.15, -0.1) is 0 Å². The van der Waals surface area contributed by atoms with Crippen molar-refractivity contribution in [2.24, 2.45) is 53.6 Å². The van der Waals surface area contributed by atoms with E-state index in [4.69, 9.17) is 0 Å². The standard InChI is InChI=1S/3C35H44N/c1-23-7-9-28-27(19-23)21-30-29(28)10-8-24(2)33(30)32-20-25(3)31(22-36(32)6)26-11-13-35(14-12-26)17-15-34(4,5)16-18-35;1-23-7-9-27-21-30-28(29(27)19-23)10-8-24(2)33(30)32-20-25(3)31(22-36(32)6)26-11-13-35(14-12-26)17-15-34(4,5)16-18-35;1-23-8-7-9-27-21-29-28(32(23)27)11-10-24(2)33(29)31-20-25(3)30(22-36(31)6)26-12-14-35(15-13-26)18-16-34(4,5)17-19-35/h2*7-10,19-20,22,26H,11-18,21H2,1-6H3;7-11,20,22,26H,12-19,21H2,1-6H3/q3*+1. The minimum Gasteiger partial charge on any atom is -0.201 e. The van der Waals surface area contributed by atoms with E-state index >= 15 is 0 Å². The van der Waals surface area contributed by atoms with Crippen LogP contribution in [0, 0.1) is 94.8 Å². The zero-order chi connectivity index (χ0) is 75.7. The Morgan fingerprint density at radius 3 is 1.00 bits per heavy atom. The Morgan fingerprint density at radius 1 is 0.269 bits per heavy atom. The molecule has 9 aliphatic rings. The molecule has 0 saturated heterocycles. The fourth-order valence-corrected chi connectivity index (χ4v) is 23.5. The lowest BCUT2D eigenvalue weighted by molar-refractivity contribution is -0.661. The Kier molecular flexibility index (Phi) is 19.8. The van der Waals surface area contributed by atoms with Crippen LogP contribution in [0.25, 0.3) is 67.2 Å². The second-order valence-corrected chi connectivity index (χ2v) is 40.4. The van der Waals surface area contributed by atoms with Gasteiger partial charge in [0, 0.05) is 34.9 Å². The highest BCUT2D eigenvalue weighted by Gasteiger charge is 2.46. The summed E-state index contributed by atoms with van der Waals surface area (Å²) in [7, 11) is 6.83. The first-order chi connectivity index (χ1) is 51.5. The van der Waals surface area contributed by atoms with Crippen molar-refractivity contribution < 1.29 is 13.7 Å². The maximum Gasteiger partial charge on any atom is 0.213 e. The Bertz CT molecular complexity index is 4960. The highest BCUT2D eigenvalue weighted by molar-refractivity contribution is 5.88. The van der Waals surface area contributed by atoms with Gasteiger partial charge in [-0.2, -0.15) is 0 Å². The topological polar surface area (TPSA) is 11.6 Å². The fourth-order valence-electron chi connectivity index (χ4n) is 23.5. The molecule has 3 aromatic heterocycles. The van der Waals surface area contributed by atoms with E-state index in [0.29, 0.717) is 32.5 Å². The Hall–Kier alpha value is -7.23. The summed E-state index contributed by atoms with van der Waals surface area (Å²) in [5.74, 6) is 2.17. The van der Waals surface area contributed by atoms with Crippen LogP contribution < -0.4 is 13.7 Å². The van der Waals surface area contributed by atoms with Crippen LogP contribution in [-0.2, 0) is 40.4 Å². The molecule has 9 aliphatic carbocycles. The molecule has 564 valence electrons. The average Bonchev–Trinajstić information content (AvgIpc) is 1.41. The van der Waals surface area contributed by atoms with E-state index in [1.807, 2.05) is 0 Å². The van der Waals surface area contributed by atoms with Crippen LogP contribution in [0.3, 0.4) is 0 Å². The molecule has 108 heavy (non-hydrogen) atoms. The van der Waals surface area contributed by atoms with E-state index in [1.165, 1.54) is 305 Å². The lowest BCUT2D eigenvalue weighted by atomic mass is 9.58. The van der Waals surface area contributed by atoms with Crippen LogP contribution in [0.2, 0.25) is 0 Å². The molecule has 0 aliphatic heterocycles. The predicted octanol–water partition coefficient (Wildman–Crippen LogP) is 26.8. The summed E-state index contributed by atoms with van der Waals surface area (Å²) in [6, 6.07) is 42.3. The van der Waals surface area contributed by atoms with Crippen LogP contribution in [0.5, 0.6) is 0 Å². The molecular weight excluding hydrogens is 1300 g/mol. The van der Waals surface area contributed by atoms with E-state index in [0.717, 1.165) is 37.0 Å². The summed E-state index contributed by atoms with van der Waals surface area (Å²) in [6.07, 6.45) is 44.7. The van der Waals surface area contributed by atoms with Gasteiger partial charge in [0.1, 0.15) is 21.1 Å². The molecule has 0 unspecified atom stereocenters. The Labute approximate surface area is 653 Å². The summed E-state index contributed by atoms with van der Waals surface area (Å²) in [5, 5.41) is 0. The van der Waals surface area contributed by atoms with Gasteiger partial charge >= 0.3 is 0 Å². The molecule has 3 heteroatoms. The van der Waals surface area contributed by atoms with Crippen LogP contribution in [0.15, 0.2) is 128 Å². The fraction of sp³-hybridized carbons (Fsp3) is 0.514. The van der Waals surface area contributed by atoms with Gasteiger partial charge in [-0.05, 0) is 392 Å². The zero-order valence-corrected chi connectivity index (χ0v) is 70.3. The summed E-state index contributed by atoms with van der Waals surface area (Å²) in [4.78, 5) is 0. The molecule has 6 saturated carbocycles. The van der Waals surface area contributed by atoms with Crippen LogP contribution in [0.1, 0.15) is 314 Å². The quantitative estimate of drug-likeness (QED) is 0.147. The summed E-state index contributed by atoms with van der Waals surface area (Å²) >= 11 is 0. The van der Waals surface area contributed by atoms with Gasteiger partial charge in [0.25, 0.3) is 0 Å². The molecule has 6 aromatic carbocycles. The molecule has 3 nitrogen and oxygen atoms in total. The predicted molar refractivity (Wildman–Crippen MR) is 454 cm³/mol. The maximum absolute atomic E-state index is 2.50. The van der Waals surface area contributed by atoms with Gasteiger partial charge in [0.05, 0.1) is 16.7 Å². The van der Waals surface area contributed by atoms with E-state index < -0.39 is 0 Å². The highest BCUT2D eigenvalue weighted by atomic mass is 14.9. The molecule has 0 N–H and O–H groups in total. The molecule has 3 heterocycles. The van der Waals surface area contributed by atoms with Crippen molar-refractivity contribution in [3.8, 4) is 67.2 Å². The average molecular weight is 1440 g/mol. The molecule has 0 bridgehead atoms. The number of rotatable bonds is 6. The smallest absolute Gasteiger partial charge is 0.201 e. The number of aromatic nitrogens is 3. The molecule has 0 atom stereocenters. The monoisotopic (exact) mass is 1440 g/mol. The van der Waals surface area contributed by atoms with Crippen LogP contribution in [0.4, 0.5) is 0 Å². The number of pyridine rings is 3. The van der Waals surface area contributed by atoms with Crippen molar-refractivity contribution in [2.75, 3.05) is 0 Å². The summed E-state index contributed by atoms with van der Waals surface area (Å²) < 4.78 is 7.31. The minimum atomic E-state index is 0.568. The molecule has 6 fully saturated rings. The van der Waals surface area contributed by atoms with Gasteiger partial charge in [0.2, 0.25) is 17.1 Å². The van der Waals surface area contributed by atoms with Gasteiger partial charge in [-0.25, -0.2) is 13.7 Å². The van der Waals surface area contributed by atoms with Crippen molar-refractivity contribution in [1.29, 1.82) is 0 Å². The minimum absolute atomic E-state index is 0.568. The van der Waals surface area contributed by atoms with E-state index in [-0.39, 0.29) is 0 Å². The lowest BCUT2D eigenvalue weighted by Crippen LogP contribution is -2.36. The van der Waals surface area contributed by atoms with Crippen molar-refractivity contribution in [3.63, 3.8) is 0 Å². The van der Waals surface area contributed by atoms with Gasteiger partial charge in [0.15, 0.2) is 18.6 Å². The van der Waals surface area contributed by atoms with Crippen molar-refractivity contribution >= 4 is 0 Å². The third kappa shape index (κ3) is 14.2. The summed E-state index contributed by atoms with van der Waals surface area (Å²) in [6.45, 7) is 35.5. The van der Waals surface area contributed by atoms with Gasteiger partial charge < -0.3 is 0 Å². The van der Waals surface area contributed by atoms with E-state index in [1.54, 1.807) is 16.7 Å². The molecule has 18 rings (SSSR count). The van der Waals surface area contributed by atoms with Crippen molar-refractivity contribution in [1.82, 2.24) is 0 Å².